The molecular weight excluding hydrogens is 256 g/mol. The number of anilines is 1. The fraction of sp³-hybridized carbons (Fsp3) is 0.467. The molecule has 0 unspecified atom stereocenters. The molecule has 0 spiro atoms. The van der Waals surface area contributed by atoms with Crippen molar-refractivity contribution in [2.24, 2.45) is 5.41 Å². The summed E-state index contributed by atoms with van der Waals surface area (Å²) in [4.78, 5) is 23.8. The number of carbonyl (C=O) groups is 2. The van der Waals surface area contributed by atoms with E-state index in [-0.39, 0.29) is 12.8 Å². The van der Waals surface area contributed by atoms with E-state index in [1.807, 2.05) is 18.2 Å². The van der Waals surface area contributed by atoms with Crippen LogP contribution in [0.4, 0.5) is 5.69 Å². The number of hydrogen-bond acceptors (Lipinski definition) is 3. The average molecular weight is 276 g/mol. The van der Waals surface area contributed by atoms with Crippen molar-refractivity contribution in [1.82, 2.24) is 5.32 Å². The quantitative estimate of drug-likeness (QED) is 0.720. The lowest BCUT2D eigenvalue weighted by Crippen LogP contribution is -2.42. The number of fused-ring (bicyclic) bond motifs is 1. The molecule has 1 aliphatic heterocycles. The van der Waals surface area contributed by atoms with E-state index in [0.29, 0.717) is 5.69 Å². The first-order valence-corrected chi connectivity index (χ1v) is 6.91. The maximum atomic E-state index is 12.3. The van der Waals surface area contributed by atoms with Crippen LogP contribution in [-0.2, 0) is 22.7 Å². The van der Waals surface area contributed by atoms with Crippen LogP contribution in [0.2, 0.25) is 0 Å². The average Bonchev–Trinajstić information content (AvgIpc) is 2.87. The number of amides is 1. The second-order valence-corrected chi connectivity index (χ2v) is 5.14. The van der Waals surface area contributed by atoms with Gasteiger partial charge in [0.15, 0.2) is 0 Å². The summed E-state index contributed by atoms with van der Waals surface area (Å²) in [5.74, 6) is -1.51. The highest BCUT2D eigenvalue weighted by molar-refractivity contribution is 6.08. The zero-order valence-electron chi connectivity index (χ0n) is 11.8. The molecule has 0 saturated carbocycles. The lowest BCUT2D eigenvalue weighted by Gasteiger charge is -2.25. The van der Waals surface area contributed by atoms with E-state index in [1.165, 1.54) is 5.56 Å². The first kappa shape index (κ1) is 14.5. The van der Waals surface area contributed by atoms with Crippen molar-refractivity contribution in [2.45, 2.75) is 39.8 Å². The molecule has 0 aromatic heterocycles. The summed E-state index contributed by atoms with van der Waals surface area (Å²) in [5, 5.41) is 15.3. The number of benzene rings is 1. The maximum Gasteiger partial charge on any atom is 0.319 e. The molecule has 2 rings (SSSR count). The topological polar surface area (TPSA) is 78.4 Å². The van der Waals surface area contributed by atoms with Gasteiger partial charge in [0, 0.05) is 18.8 Å². The largest absolute Gasteiger partial charge is 0.480 e. The molecule has 0 bridgehead atoms. The van der Waals surface area contributed by atoms with Crippen molar-refractivity contribution in [1.29, 1.82) is 0 Å². The molecule has 20 heavy (non-hydrogen) atoms. The van der Waals surface area contributed by atoms with Gasteiger partial charge in [-0.25, -0.2) is 0 Å². The van der Waals surface area contributed by atoms with Crippen molar-refractivity contribution in [3.05, 3.63) is 29.3 Å². The van der Waals surface area contributed by atoms with Crippen molar-refractivity contribution in [2.75, 3.05) is 5.32 Å². The van der Waals surface area contributed by atoms with Crippen LogP contribution in [0.1, 0.15) is 37.8 Å². The van der Waals surface area contributed by atoms with Crippen molar-refractivity contribution in [3.63, 3.8) is 0 Å². The molecule has 1 aromatic rings. The van der Waals surface area contributed by atoms with E-state index in [1.54, 1.807) is 13.8 Å². The van der Waals surface area contributed by atoms with Crippen LogP contribution in [0.3, 0.4) is 0 Å². The summed E-state index contributed by atoms with van der Waals surface area (Å²) in [6, 6.07) is 5.69. The van der Waals surface area contributed by atoms with Gasteiger partial charge in [-0.1, -0.05) is 19.9 Å². The van der Waals surface area contributed by atoms with Gasteiger partial charge < -0.3 is 15.7 Å². The SMILES string of the molecule is CCC(CC)(C(=O)O)C(=O)Nc1ccc2c(c1)CNC2. The monoisotopic (exact) mass is 276 g/mol. The van der Waals surface area contributed by atoms with Gasteiger partial charge in [0.05, 0.1) is 0 Å². The summed E-state index contributed by atoms with van der Waals surface area (Å²) in [7, 11) is 0. The van der Waals surface area contributed by atoms with Gasteiger partial charge in [0.25, 0.3) is 0 Å². The van der Waals surface area contributed by atoms with Crippen molar-refractivity contribution < 1.29 is 14.7 Å². The first-order chi connectivity index (χ1) is 9.53. The molecule has 0 radical (unpaired) electrons. The van der Waals surface area contributed by atoms with E-state index in [9.17, 15) is 14.7 Å². The van der Waals surface area contributed by atoms with Gasteiger partial charge >= 0.3 is 5.97 Å². The summed E-state index contributed by atoms with van der Waals surface area (Å²) in [5.41, 5.74) is 1.68. The molecule has 1 aliphatic rings. The van der Waals surface area contributed by atoms with Crippen LogP contribution in [0.5, 0.6) is 0 Å². The normalized spacial score (nSPS) is 13.9. The van der Waals surface area contributed by atoms with Gasteiger partial charge in [0.2, 0.25) is 5.91 Å². The highest BCUT2D eigenvalue weighted by Gasteiger charge is 2.42. The number of nitrogens with one attached hydrogen (secondary N) is 2. The number of carboxylic acid groups (broad SMARTS) is 1. The number of rotatable bonds is 5. The van der Waals surface area contributed by atoms with Gasteiger partial charge in [-0.3, -0.25) is 9.59 Å². The Bertz CT molecular complexity index is 536. The molecule has 0 atom stereocenters. The first-order valence-electron chi connectivity index (χ1n) is 6.91. The molecule has 0 aliphatic carbocycles. The van der Waals surface area contributed by atoms with E-state index in [2.05, 4.69) is 10.6 Å². The van der Waals surface area contributed by atoms with Crippen LogP contribution in [-0.4, -0.2) is 17.0 Å². The lowest BCUT2D eigenvalue weighted by molar-refractivity contribution is -0.154. The lowest BCUT2D eigenvalue weighted by atomic mass is 9.81. The Balaban J connectivity index is 2.20. The van der Waals surface area contributed by atoms with Crippen LogP contribution in [0.25, 0.3) is 0 Å². The molecule has 5 nitrogen and oxygen atoms in total. The number of aliphatic carboxylic acids is 1. The third-order valence-electron chi connectivity index (χ3n) is 4.15. The smallest absolute Gasteiger partial charge is 0.319 e. The molecular formula is C15H20N2O3. The fourth-order valence-electron chi connectivity index (χ4n) is 2.59. The predicted molar refractivity (Wildman–Crippen MR) is 76.3 cm³/mol. The summed E-state index contributed by atoms with van der Waals surface area (Å²) >= 11 is 0. The second kappa shape index (κ2) is 5.63. The van der Waals surface area contributed by atoms with Gasteiger partial charge in [-0.15, -0.1) is 0 Å². The molecule has 1 amide bonds. The Morgan fingerprint density at radius 2 is 1.90 bits per heavy atom. The minimum atomic E-state index is -1.35. The number of carbonyl (C=O) groups excluding carboxylic acids is 1. The minimum Gasteiger partial charge on any atom is -0.480 e. The van der Waals surface area contributed by atoms with Gasteiger partial charge in [-0.05, 0) is 36.1 Å². The molecule has 5 heteroatoms. The second-order valence-electron chi connectivity index (χ2n) is 5.14. The Morgan fingerprint density at radius 1 is 1.25 bits per heavy atom. The van der Waals surface area contributed by atoms with Crippen molar-refractivity contribution in [3.8, 4) is 0 Å². The van der Waals surface area contributed by atoms with Crippen LogP contribution < -0.4 is 10.6 Å². The van der Waals surface area contributed by atoms with Crippen LogP contribution >= 0.6 is 0 Å². The Morgan fingerprint density at radius 3 is 2.50 bits per heavy atom. The Hall–Kier alpha value is -1.88. The predicted octanol–water partition coefficient (Wildman–Crippen LogP) is 2.12. The number of hydrogen-bond donors (Lipinski definition) is 3. The maximum absolute atomic E-state index is 12.3. The summed E-state index contributed by atoms with van der Waals surface area (Å²) < 4.78 is 0. The minimum absolute atomic E-state index is 0.275. The molecule has 0 fully saturated rings. The molecule has 1 heterocycles. The Labute approximate surface area is 118 Å². The third-order valence-corrected chi connectivity index (χ3v) is 4.15. The van der Waals surface area contributed by atoms with Crippen molar-refractivity contribution >= 4 is 17.6 Å². The molecule has 3 N–H and O–H groups in total. The van der Waals surface area contributed by atoms with Crippen LogP contribution in [0, 0.1) is 5.41 Å². The zero-order valence-corrected chi connectivity index (χ0v) is 11.8. The molecule has 108 valence electrons. The highest BCUT2D eigenvalue weighted by Crippen LogP contribution is 2.29. The van der Waals surface area contributed by atoms with E-state index in [4.69, 9.17) is 0 Å². The van der Waals surface area contributed by atoms with E-state index < -0.39 is 17.3 Å². The fourth-order valence-corrected chi connectivity index (χ4v) is 2.59. The third kappa shape index (κ3) is 2.41. The van der Waals surface area contributed by atoms with Crippen LogP contribution in [0.15, 0.2) is 18.2 Å². The van der Waals surface area contributed by atoms with E-state index >= 15 is 0 Å². The summed E-state index contributed by atoms with van der Waals surface area (Å²) in [6.07, 6.45) is 0.550. The highest BCUT2D eigenvalue weighted by atomic mass is 16.4. The standard InChI is InChI=1S/C15H20N2O3/c1-3-15(4-2,14(19)20)13(18)17-12-6-5-10-8-16-9-11(10)7-12/h5-7,16H,3-4,8-9H2,1-2H3,(H,17,18)(H,19,20). The number of carboxylic acids is 1. The molecule has 0 saturated heterocycles. The molecule has 1 aromatic carbocycles. The van der Waals surface area contributed by atoms with Gasteiger partial charge in [-0.2, -0.15) is 0 Å². The van der Waals surface area contributed by atoms with E-state index in [0.717, 1.165) is 18.7 Å². The summed E-state index contributed by atoms with van der Waals surface area (Å²) in [6.45, 7) is 5.07. The Kier molecular flexibility index (Phi) is 4.09. The zero-order chi connectivity index (χ0) is 14.8. The van der Waals surface area contributed by atoms with Gasteiger partial charge in [0.1, 0.15) is 5.41 Å².